The second-order valence-corrected chi connectivity index (χ2v) is 16.2. The SMILES string of the molecule is COC(=O)C(Cc1ccc(-c2ccnc(C)c2C)cc1)NC(=O)[C@@H]1Cc2cc3c(cc2CN1C(=O)c1nc(C)oc1C)O[C@@H](c1cccc(OCC2CCCCC2)c1)CO3. The van der Waals surface area contributed by atoms with Crippen LogP contribution in [-0.2, 0) is 33.7 Å². The lowest BCUT2D eigenvalue weighted by Gasteiger charge is -2.37. The summed E-state index contributed by atoms with van der Waals surface area (Å²) in [6, 6.07) is 19.6. The highest BCUT2D eigenvalue weighted by Crippen LogP contribution is 2.41. The number of hydrogen-bond acceptors (Lipinski definition) is 10. The average Bonchev–Trinajstić information content (AvgIpc) is 3.62. The van der Waals surface area contributed by atoms with Crippen LogP contribution in [0.5, 0.6) is 17.2 Å². The van der Waals surface area contributed by atoms with Crippen molar-refractivity contribution in [2.24, 2.45) is 5.92 Å². The number of hydrogen-bond donors (Lipinski definition) is 1. The molecule has 1 unspecified atom stereocenters. The number of esters is 1. The van der Waals surface area contributed by atoms with Crippen molar-refractivity contribution in [2.45, 2.75) is 97.4 Å². The molecule has 0 bridgehead atoms. The Labute approximate surface area is 350 Å². The maximum atomic E-state index is 14.4. The molecule has 3 atom stereocenters. The number of pyridine rings is 1. The molecule has 0 radical (unpaired) electrons. The zero-order chi connectivity index (χ0) is 41.9. The van der Waals surface area contributed by atoms with E-state index >= 15 is 0 Å². The minimum atomic E-state index is -1.01. The van der Waals surface area contributed by atoms with Crippen LogP contribution in [0.2, 0.25) is 0 Å². The summed E-state index contributed by atoms with van der Waals surface area (Å²) in [6.07, 6.45) is 8.03. The van der Waals surface area contributed by atoms with Crippen LogP contribution in [0.15, 0.2) is 77.3 Å². The van der Waals surface area contributed by atoms with Crippen LogP contribution in [0.25, 0.3) is 11.1 Å². The Bertz CT molecular complexity index is 2380. The fraction of sp³-hybridized carbons (Fsp3) is 0.396. The number of fused-ring (bicyclic) bond motifs is 2. The van der Waals surface area contributed by atoms with E-state index in [0.717, 1.165) is 50.4 Å². The zero-order valence-electron chi connectivity index (χ0n) is 34.9. The molecular weight excluding hydrogens is 761 g/mol. The Morgan fingerprint density at radius 3 is 2.47 bits per heavy atom. The first-order valence-corrected chi connectivity index (χ1v) is 20.9. The number of methoxy groups -OCH3 is 1. The van der Waals surface area contributed by atoms with Crippen molar-refractivity contribution in [3.8, 4) is 28.4 Å². The van der Waals surface area contributed by atoms with Gasteiger partial charge in [-0.1, -0.05) is 55.7 Å². The molecule has 3 aliphatic rings. The number of ether oxygens (including phenoxy) is 4. The summed E-state index contributed by atoms with van der Waals surface area (Å²) in [5, 5.41) is 2.93. The van der Waals surface area contributed by atoms with Crippen molar-refractivity contribution in [1.82, 2.24) is 20.2 Å². The van der Waals surface area contributed by atoms with Gasteiger partial charge in [-0.15, -0.1) is 0 Å². The summed E-state index contributed by atoms with van der Waals surface area (Å²) in [5.41, 5.74) is 7.68. The van der Waals surface area contributed by atoms with Crippen LogP contribution >= 0.6 is 0 Å². The molecule has 8 rings (SSSR count). The highest BCUT2D eigenvalue weighted by molar-refractivity contribution is 5.98. The minimum absolute atomic E-state index is 0.0850. The van der Waals surface area contributed by atoms with Crippen LogP contribution in [0.4, 0.5) is 0 Å². The zero-order valence-corrected chi connectivity index (χ0v) is 34.9. The molecular formula is C48H52N4O8. The molecule has 4 heterocycles. The molecule has 2 aromatic heterocycles. The molecule has 2 aliphatic heterocycles. The van der Waals surface area contributed by atoms with Crippen molar-refractivity contribution < 1.29 is 37.7 Å². The normalized spacial score (nSPS) is 18.0. The largest absolute Gasteiger partial charge is 0.493 e. The number of nitrogens with zero attached hydrogens (tertiary/aromatic N) is 3. The molecule has 2 amide bonds. The van der Waals surface area contributed by atoms with Crippen LogP contribution < -0.4 is 19.5 Å². The number of amides is 2. The van der Waals surface area contributed by atoms with E-state index in [-0.39, 0.29) is 31.2 Å². The molecule has 1 saturated carbocycles. The summed E-state index contributed by atoms with van der Waals surface area (Å²) in [7, 11) is 1.29. The molecule has 1 N–H and O–H groups in total. The van der Waals surface area contributed by atoms with E-state index in [1.54, 1.807) is 20.0 Å². The summed E-state index contributed by atoms with van der Waals surface area (Å²) in [6.45, 7) is 8.45. The molecule has 5 aromatic rings. The van der Waals surface area contributed by atoms with Crippen molar-refractivity contribution >= 4 is 17.8 Å². The predicted molar refractivity (Wildman–Crippen MR) is 224 cm³/mol. The molecule has 60 heavy (non-hydrogen) atoms. The first kappa shape index (κ1) is 40.6. The van der Waals surface area contributed by atoms with Gasteiger partial charge in [-0.3, -0.25) is 14.6 Å². The van der Waals surface area contributed by atoms with Crippen molar-refractivity contribution in [3.63, 3.8) is 0 Å². The van der Waals surface area contributed by atoms with Crippen LogP contribution in [0, 0.1) is 33.6 Å². The van der Waals surface area contributed by atoms with Gasteiger partial charge in [-0.05, 0) is 109 Å². The van der Waals surface area contributed by atoms with Crippen LogP contribution in [-0.4, -0.2) is 65.1 Å². The molecule has 12 nitrogen and oxygen atoms in total. The van der Waals surface area contributed by atoms with Gasteiger partial charge in [-0.25, -0.2) is 9.78 Å². The Balaban J connectivity index is 1.02. The fourth-order valence-electron chi connectivity index (χ4n) is 8.61. The molecule has 0 spiro atoms. The first-order valence-electron chi connectivity index (χ1n) is 20.9. The molecule has 1 fully saturated rings. The molecule has 3 aromatic carbocycles. The smallest absolute Gasteiger partial charge is 0.328 e. The van der Waals surface area contributed by atoms with Crippen LogP contribution in [0.3, 0.4) is 0 Å². The van der Waals surface area contributed by atoms with Gasteiger partial charge in [0.05, 0.1) is 13.7 Å². The quantitative estimate of drug-likeness (QED) is 0.131. The number of rotatable bonds is 11. The Kier molecular flexibility index (Phi) is 11.9. The van der Waals surface area contributed by atoms with Gasteiger partial charge < -0.3 is 33.6 Å². The third kappa shape index (κ3) is 8.73. The van der Waals surface area contributed by atoms with Crippen molar-refractivity contribution in [2.75, 3.05) is 20.3 Å². The van der Waals surface area contributed by atoms with E-state index in [2.05, 4.69) is 15.3 Å². The van der Waals surface area contributed by atoms with Crippen molar-refractivity contribution in [1.29, 1.82) is 0 Å². The van der Waals surface area contributed by atoms with E-state index in [9.17, 15) is 14.4 Å². The second kappa shape index (κ2) is 17.6. The lowest BCUT2D eigenvalue weighted by Crippen LogP contribution is -2.56. The molecule has 0 saturated heterocycles. The van der Waals surface area contributed by atoms with Crippen LogP contribution in [0.1, 0.15) is 93.9 Å². The summed E-state index contributed by atoms with van der Waals surface area (Å²) >= 11 is 0. The van der Waals surface area contributed by atoms with E-state index in [4.69, 9.17) is 23.4 Å². The first-order chi connectivity index (χ1) is 29.0. The van der Waals surface area contributed by atoms with Gasteiger partial charge in [0.25, 0.3) is 5.91 Å². The van der Waals surface area contributed by atoms with E-state index in [1.807, 2.05) is 80.6 Å². The third-order valence-corrected chi connectivity index (χ3v) is 12.1. The van der Waals surface area contributed by atoms with E-state index < -0.39 is 29.9 Å². The lowest BCUT2D eigenvalue weighted by atomic mass is 9.90. The van der Waals surface area contributed by atoms with Gasteiger partial charge in [0.2, 0.25) is 5.91 Å². The Morgan fingerprint density at radius 2 is 1.72 bits per heavy atom. The Hall–Kier alpha value is -6.17. The number of aromatic nitrogens is 2. The molecule has 1 aliphatic carbocycles. The number of carbonyl (C=O) groups excluding carboxylic acids is 3. The Morgan fingerprint density at radius 1 is 0.933 bits per heavy atom. The summed E-state index contributed by atoms with van der Waals surface area (Å²) in [4.78, 5) is 52.1. The second-order valence-electron chi connectivity index (χ2n) is 16.2. The van der Waals surface area contributed by atoms with Gasteiger partial charge in [-0.2, -0.15) is 0 Å². The minimum Gasteiger partial charge on any atom is -0.493 e. The standard InChI is InChI=1S/C48H52N4O8/c1-28-29(2)49-19-18-39(28)34-16-14-32(15-17-34)20-40(48(55)56-5)51-46(53)41-22-36-23-42-43(24-37(36)25-52(41)47(54)45-30(3)59-31(4)50-45)60-44(27-58-42)35-12-9-13-38(21-35)57-26-33-10-7-6-8-11-33/h9,12-19,21,23-24,33,40-41,44H,6-8,10-11,20,22,25-27H2,1-5H3,(H,51,53)/t40?,41-,44+/m0/s1. The van der Waals surface area contributed by atoms with Gasteiger partial charge in [0, 0.05) is 38.2 Å². The summed E-state index contributed by atoms with van der Waals surface area (Å²) in [5.74, 6) is 1.66. The highest BCUT2D eigenvalue weighted by Gasteiger charge is 2.40. The number of oxazole rings is 1. The number of aryl methyl sites for hydroxylation is 3. The monoisotopic (exact) mass is 812 g/mol. The maximum absolute atomic E-state index is 14.4. The highest BCUT2D eigenvalue weighted by atomic mass is 16.6. The van der Waals surface area contributed by atoms with Crippen molar-refractivity contribution in [3.05, 3.63) is 124 Å². The number of benzene rings is 3. The maximum Gasteiger partial charge on any atom is 0.328 e. The fourth-order valence-corrected chi connectivity index (χ4v) is 8.61. The lowest BCUT2D eigenvalue weighted by molar-refractivity contribution is -0.145. The number of carbonyl (C=O) groups is 3. The summed E-state index contributed by atoms with van der Waals surface area (Å²) < 4.78 is 29.9. The average molecular weight is 813 g/mol. The molecule has 312 valence electrons. The van der Waals surface area contributed by atoms with Gasteiger partial charge in [0.15, 0.2) is 29.2 Å². The topological polar surface area (TPSA) is 142 Å². The van der Waals surface area contributed by atoms with E-state index in [1.165, 1.54) is 44.1 Å². The third-order valence-electron chi connectivity index (χ3n) is 12.1. The number of nitrogens with one attached hydrogen (secondary N) is 1. The van der Waals surface area contributed by atoms with Gasteiger partial charge in [0.1, 0.15) is 30.2 Å². The predicted octanol–water partition coefficient (Wildman–Crippen LogP) is 7.91. The van der Waals surface area contributed by atoms with Gasteiger partial charge >= 0.3 is 5.97 Å². The van der Waals surface area contributed by atoms with E-state index in [0.29, 0.717) is 42.3 Å². The molecule has 12 heteroatoms.